The van der Waals surface area contributed by atoms with Gasteiger partial charge < -0.3 is 14.6 Å². The Morgan fingerprint density at radius 2 is 2.06 bits per heavy atom. The summed E-state index contributed by atoms with van der Waals surface area (Å²) >= 11 is 6.01. The zero-order valence-electron chi connectivity index (χ0n) is 18.2. The van der Waals surface area contributed by atoms with E-state index in [4.69, 9.17) is 16.3 Å². The summed E-state index contributed by atoms with van der Waals surface area (Å²) in [6.45, 7) is 6.55. The molecule has 0 radical (unpaired) electrons. The van der Waals surface area contributed by atoms with Crippen molar-refractivity contribution in [2.75, 3.05) is 33.3 Å². The molecule has 6 heteroatoms. The molecule has 3 aromatic rings. The average molecular weight is 440 g/mol. The number of halogens is 1. The van der Waals surface area contributed by atoms with E-state index in [0.29, 0.717) is 18.2 Å². The largest absolute Gasteiger partial charge is 0.496 e. The highest BCUT2D eigenvalue weighted by Crippen LogP contribution is 2.27. The van der Waals surface area contributed by atoms with Crippen molar-refractivity contribution in [1.29, 1.82) is 0 Å². The lowest BCUT2D eigenvalue weighted by Crippen LogP contribution is -2.42. The number of aromatic amines is 1. The molecule has 1 aromatic heterocycles. The number of methoxy groups -OCH3 is 1. The van der Waals surface area contributed by atoms with Crippen molar-refractivity contribution >= 4 is 28.4 Å². The van der Waals surface area contributed by atoms with Gasteiger partial charge in [-0.2, -0.15) is 0 Å². The van der Waals surface area contributed by atoms with Crippen LogP contribution >= 0.6 is 11.6 Å². The second-order valence-electron chi connectivity index (χ2n) is 8.32. The summed E-state index contributed by atoms with van der Waals surface area (Å²) < 4.78 is 5.44. The average Bonchev–Trinajstić information content (AvgIpc) is 3.23. The molecule has 1 unspecified atom stereocenters. The van der Waals surface area contributed by atoms with Gasteiger partial charge in [0.2, 0.25) is 0 Å². The molecule has 4 rings (SSSR count). The predicted octanol–water partition coefficient (Wildman–Crippen LogP) is 5.20. The molecule has 0 bridgehead atoms. The van der Waals surface area contributed by atoms with Crippen molar-refractivity contribution < 1.29 is 9.53 Å². The lowest BCUT2D eigenvalue weighted by Gasteiger charge is -2.35. The molecule has 0 saturated carbocycles. The Balaban J connectivity index is 1.42. The number of rotatable bonds is 7. The van der Waals surface area contributed by atoms with Crippen LogP contribution in [0.5, 0.6) is 5.75 Å². The predicted molar refractivity (Wildman–Crippen MR) is 126 cm³/mol. The van der Waals surface area contributed by atoms with E-state index in [2.05, 4.69) is 28.9 Å². The molecule has 1 aliphatic heterocycles. The van der Waals surface area contributed by atoms with Gasteiger partial charge in [-0.25, -0.2) is 0 Å². The second-order valence-corrected chi connectivity index (χ2v) is 8.75. The Morgan fingerprint density at radius 3 is 2.81 bits per heavy atom. The summed E-state index contributed by atoms with van der Waals surface area (Å²) in [6, 6.07) is 15.8. The van der Waals surface area contributed by atoms with E-state index in [1.165, 1.54) is 5.56 Å². The number of amides is 1. The fourth-order valence-electron chi connectivity index (χ4n) is 4.55. The molecule has 2 aromatic carbocycles. The molecule has 1 N–H and O–H groups in total. The maximum absolute atomic E-state index is 13.3. The second kappa shape index (κ2) is 9.75. The van der Waals surface area contributed by atoms with E-state index < -0.39 is 0 Å². The first-order valence-corrected chi connectivity index (χ1v) is 11.4. The molecule has 1 amide bonds. The zero-order chi connectivity index (χ0) is 21.8. The smallest absolute Gasteiger partial charge is 0.270 e. The SMILES string of the molecule is CCN(CC1CCCN(Cc2ccc(Cl)cc2)C1)C(=O)c1cc2c(OC)cccc2[nH]1. The van der Waals surface area contributed by atoms with Crippen molar-refractivity contribution in [3.05, 3.63) is 64.8 Å². The van der Waals surface area contributed by atoms with Crippen LogP contribution in [0.3, 0.4) is 0 Å². The van der Waals surface area contributed by atoms with E-state index in [9.17, 15) is 4.79 Å². The number of fused-ring (bicyclic) bond motifs is 1. The van der Waals surface area contributed by atoms with Gasteiger partial charge in [-0.1, -0.05) is 29.8 Å². The maximum atomic E-state index is 13.3. The first-order valence-electron chi connectivity index (χ1n) is 11.0. The fourth-order valence-corrected chi connectivity index (χ4v) is 4.68. The Hall–Kier alpha value is -2.50. The third-order valence-corrected chi connectivity index (χ3v) is 6.40. The molecule has 5 nitrogen and oxygen atoms in total. The van der Waals surface area contributed by atoms with Gasteiger partial charge in [0, 0.05) is 42.1 Å². The molecule has 31 heavy (non-hydrogen) atoms. The Morgan fingerprint density at radius 1 is 1.26 bits per heavy atom. The lowest BCUT2D eigenvalue weighted by molar-refractivity contribution is 0.0680. The van der Waals surface area contributed by atoms with Gasteiger partial charge in [0.25, 0.3) is 5.91 Å². The van der Waals surface area contributed by atoms with Crippen LogP contribution < -0.4 is 4.74 Å². The fraction of sp³-hybridized carbons (Fsp3) is 0.400. The minimum Gasteiger partial charge on any atom is -0.496 e. The van der Waals surface area contributed by atoms with Gasteiger partial charge in [0.05, 0.1) is 7.11 Å². The number of hydrogen-bond donors (Lipinski definition) is 1. The number of H-pyrrole nitrogens is 1. The molecule has 0 aliphatic carbocycles. The quantitative estimate of drug-likeness (QED) is 0.550. The molecule has 1 saturated heterocycles. The zero-order valence-corrected chi connectivity index (χ0v) is 19.0. The highest BCUT2D eigenvalue weighted by Gasteiger charge is 2.25. The van der Waals surface area contributed by atoms with Crippen molar-refractivity contribution in [3.8, 4) is 5.75 Å². The van der Waals surface area contributed by atoms with E-state index in [-0.39, 0.29) is 5.91 Å². The van der Waals surface area contributed by atoms with Gasteiger partial charge in [0.15, 0.2) is 0 Å². The number of carbonyl (C=O) groups excluding carboxylic acids is 1. The minimum atomic E-state index is 0.0515. The Kier molecular flexibility index (Phi) is 6.83. The highest BCUT2D eigenvalue weighted by molar-refractivity contribution is 6.30. The summed E-state index contributed by atoms with van der Waals surface area (Å²) in [4.78, 5) is 21.0. The number of likely N-dealkylation sites (tertiary alicyclic amines) is 1. The monoisotopic (exact) mass is 439 g/mol. The van der Waals surface area contributed by atoms with Gasteiger partial charge in [-0.15, -0.1) is 0 Å². The molecule has 0 spiro atoms. The number of benzene rings is 2. The molecule has 1 fully saturated rings. The number of piperidine rings is 1. The highest BCUT2D eigenvalue weighted by atomic mass is 35.5. The van der Waals surface area contributed by atoms with Gasteiger partial charge >= 0.3 is 0 Å². The van der Waals surface area contributed by atoms with E-state index in [0.717, 1.165) is 60.7 Å². The topological polar surface area (TPSA) is 48.6 Å². The number of aromatic nitrogens is 1. The minimum absolute atomic E-state index is 0.0515. The summed E-state index contributed by atoms with van der Waals surface area (Å²) in [5, 5.41) is 1.71. The summed E-state index contributed by atoms with van der Waals surface area (Å²) in [6.07, 6.45) is 2.31. The Bertz CT molecular complexity index is 1030. The van der Waals surface area contributed by atoms with Crippen molar-refractivity contribution in [1.82, 2.24) is 14.8 Å². The van der Waals surface area contributed by atoms with Crippen molar-refractivity contribution in [2.24, 2.45) is 5.92 Å². The number of nitrogens with zero attached hydrogens (tertiary/aromatic N) is 2. The Labute approximate surface area is 188 Å². The summed E-state index contributed by atoms with van der Waals surface area (Å²) in [5.41, 5.74) is 2.82. The van der Waals surface area contributed by atoms with Gasteiger partial charge in [0.1, 0.15) is 11.4 Å². The van der Waals surface area contributed by atoms with E-state index in [1.807, 2.05) is 41.3 Å². The van der Waals surface area contributed by atoms with Crippen LogP contribution in [0.2, 0.25) is 5.02 Å². The summed E-state index contributed by atoms with van der Waals surface area (Å²) in [5.74, 6) is 1.31. The molecule has 2 heterocycles. The van der Waals surface area contributed by atoms with Crippen LogP contribution in [0.1, 0.15) is 35.8 Å². The van der Waals surface area contributed by atoms with Crippen molar-refractivity contribution in [3.63, 3.8) is 0 Å². The normalized spacial score (nSPS) is 17.1. The number of nitrogens with one attached hydrogen (secondary N) is 1. The number of hydrogen-bond acceptors (Lipinski definition) is 3. The van der Waals surface area contributed by atoms with Crippen LogP contribution in [-0.2, 0) is 6.54 Å². The van der Waals surface area contributed by atoms with Gasteiger partial charge in [-0.3, -0.25) is 9.69 Å². The lowest BCUT2D eigenvalue weighted by atomic mass is 9.96. The number of ether oxygens (including phenoxy) is 1. The van der Waals surface area contributed by atoms with Crippen molar-refractivity contribution in [2.45, 2.75) is 26.3 Å². The molecule has 1 aliphatic rings. The first kappa shape index (κ1) is 21.7. The third-order valence-electron chi connectivity index (χ3n) is 6.14. The molecule has 1 atom stereocenters. The standard InChI is InChI=1S/C25H30ClN3O2/c1-3-29(25(30)23-14-21-22(27-23)7-4-8-24(21)31-2)17-19-6-5-13-28(16-19)15-18-9-11-20(26)12-10-18/h4,7-12,14,19,27H,3,5-6,13,15-17H2,1-2H3. The van der Waals surface area contributed by atoms with E-state index in [1.54, 1.807) is 7.11 Å². The first-order chi connectivity index (χ1) is 15.1. The van der Waals surface area contributed by atoms with Crippen LogP contribution in [0.25, 0.3) is 10.9 Å². The summed E-state index contributed by atoms with van der Waals surface area (Å²) in [7, 11) is 1.65. The van der Waals surface area contributed by atoms with E-state index >= 15 is 0 Å². The number of carbonyl (C=O) groups is 1. The molecular formula is C25H30ClN3O2. The van der Waals surface area contributed by atoms with Crippen LogP contribution in [0.4, 0.5) is 0 Å². The van der Waals surface area contributed by atoms with Crippen LogP contribution in [-0.4, -0.2) is 54.0 Å². The maximum Gasteiger partial charge on any atom is 0.270 e. The van der Waals surface area contributed by atoms with Crippen LogP contribution in [0.15, 0.2) is 48.5 Å². The van der Waals surface area contributed by atoms with Gasteiger partial charge in [-0.05, 0) is 68.1 Å². The van der Waals surface area contributed by atoms with Crippen LogP contribution in [0, 0.1) is 5.92 Å². The third kappa shape index (κ3) is 5.05. The molecule has 164 valence electrons. The molecular weight excluding hydrogens is 410 g/mol.